The number of nitro groups is 1. The van der Waals surface area contributed by atoms with E-state index in [4.69, 9.17) is 0 Å². The Balaban J connectivity index is 2.15. The van der Waals surface area contributed by atoms with E-state index in [1.165, 1.54) is 6.07 Å². The molecule has 0 saturated heterocycles. The van der Waals surface area contributed by atoms with Crippen LogP contribution in [0.15, 0.2) is 42.5 Å². The lowest BCUT2D eigenvalue weighted by Gasteiger charge is -2.21. The van der Waals surface area contributed by atoms with Crippen LogP contribution in [0.4, 0.5) is 17.1 Å². The van der Waals surface area contributed by atoms with Crippen LogP contribution in [0.5, 0.6) is 0 Å². The molecule has 126 valence electrons. The Morgan fingerprint density at radius 2 is 1.75 bits per heavy atom. The normalized spacial score (nSPS) is 10.3. The molecule has 6 heteroatoms. The highest BCUT2D eigenvalue weighted by Gasteiger charge is 2.15. The van der Waals surface area contributed by atoms with Crippen LogP contribution >= 0.6 is 0 Å². The van der Waals surface area contributed by atoms with Gasteiger partial charge in [0.1, 0.15) is 0 Å². The minimum absolute atomic E-state index is 0.0560. The van der Waals surface area contributed by atoms with Crippen LogP contribution in [0, 0.1) is 17.0 Å². The number of nitrogens with one attached hydrogen (secondary N) is 1. The summed E-state index contributed by atoms with van der Waals surface area (Å²) in [6.45, 7) is 7.64. The summed E-state index contributed by atoms with van der Waals surface area (Å²) in [5.74, 6) is -0.367. The van der Waals surface area contributed by atoms with E-state index in [1.54, 1.807) is 19.1 Å². The highest BCUT2D eigenvalue weighted by molar-refractivity contribution is 6.04. The van der Waals surface area contributed by atoms with E-state index in [0.717, 1.165) is 18.8 Å². The van der Waals surface area contributed by atoms with Crippen molar-refractivity contribution in [2.24, 2.45) is 0 Å². The number of hydrogen-bond acceptors (Lipinski definition) is 4. The number of rotatable bonds is 6. The molecule has 0 unspecified atom stereocenters. The highest BCUT2D eigenvalue weighted by atomic mass is 16.6. The monoisotopic (exact) mass is 327 g/mol. The van der Waals surface area contributed by atoms with Crippen molar-refractivity contribution in [3.05, 3.63) is 63.7 Å². The van der Waals surface area contributed by atoms with Crippen LogP contribution in [0.2, 0.25) is 0 Å². The molecule has 0 radical (unpaired) electrons. The maximum Gasteiger partial charge on any atom is 0.273 e. The van der Waals surface area contributed by atoms with Crippen LogP contribution < -0.4 is 10.2 Å². The van der Waals surface area contributed by atoms with Gasteiger partial charge >= 0.3 is 0 Å². The summed E-state index contributed by atoms with van der Waals surface area (Å²) in [5.41, 5.74) is 2.47. The molecule has 0 heterocycles. The Morgan fingerprint density at radius 3 is 2.29 bits per heavy atom. The van der Waals surface area contributed by atoms with Gasteiger partial charge in [-0.25, -0.2) is 0 Å². The summed E-state index contributed by atoms with van der Waals surface area (Å²) >= 11 is 0. The van der Waals surface area contributed by atoms with E-state index in [-0.39, 0.29) is 17.2 Å². The van der Waals surface area contributed by atoms with Crippen molar-refractivity contribution in [2.75, 3.05) is 23.3 Å². The number of amides is 1. The summed E-state index contributed by atoms with van der Waals surface area (Å²) in [4.78, 5) is 25.0. The van der Waals surface area contributed by atoms with Gasteiger partial charge in [-0.15, -0.1) is 0 Å². The fraction of sp³-hybridized carbons (Fsp3) is 0.278. The number of anilines is 2. The van der Waals surface area contributed by atoms with Crippen molar-refractivity contribution in [3.63, 3.8) is 0 Å². The van der Waals surface area contributed by atoms with Gasteiger partial charge in [0.05, 0.1) is 4.92 Å². The largest absolute Gasteiger partial charge is 0.372 e. The molecule has 0 aliphatic heterocycles. The standard InChI is InChI=1S/C18H21N3O3/c1-4-20(5-2)16-10-8-15(9-11-16)19-18(22)14-7-6-13(3)17(12-14)21(23)24/h6-12H,4-5H2,1-3H3,(H,19,22). The van der Waals surface area contributed by atoms with Crippen LogP contribution in [-0.4, -0.2) is 23.9 Å². The molecule has 0 saturated carbocycles. The van der Waals surface area contributed by atoms with Gasteiger partial charge in [-0.05, 0) is 51.1 Å². The Morgan fingerprint density at radius 1 is 1.12 bits per heavy atom. The Hall–Kier alpha value is -2.89. The van der Waals surface area contributed by atoms with Crippen molar-refractivity contribution < 1.29 is 9.72 Å². The first-order chi connectivity index (χ1) is 11.5. The molecular formula is C18H21N3O3. The van der Waals surface area contributed by atoms with Gasteiger partial charge in [-0.1, -0.05) is 6.07 Å². The summed E-state index contributed by atoms with van der Waals surface area (Å²) in [5, 5.41) is 13.7. The topological polar surface area (TPSA) is 75.5 Å². The van der Waals surface area contributed by atoms with Gasteiger partial charge in [0.2, 0.25) is 0 Å². The number of carbonyl (C=O) groups is 1. The van der Waals surface area contributed by atoms with E-state index >= 15 is 0 Å². The Bertz CT molecular complexity index is 738. The van der Waals surface area contributed by atoms with Crippen LogP contribution in [0.3, 0.4) is 0 Å². The van der Waals surface area contributed by atoms with Crippen LogP contribution in [0.25, 0.3) is 0 Å². The minimum atomic E-state index is -0.481. The average molecular weight is 327 g/mol. The lowest BCUT2D eigenvalue weighted by Crippen LogP contribution is -2.21. The predicted molar refractivity (Wildman–Crippen MR) is 95.8 cm³/mol. The van der Waals surface area contributed by atoms with Crippen molar-refractivity contribution in [1.82, 2.24) is 0 Å². The lowest BCUT2D eigenvalue weighted by atomic mass is 10.1. The molecule has 2 aromatic carbocycles. The maximum atomic E-state index is 12.3. The highest BCUT2D eigenvalue weighted by Crippen LogP contribution is 2.21. The zero-order valence-corrected chi connectivity index (χ0v) is 14.1. The van der Waals surface area contributed by atoms with Gasteiger partial charge < -0.3 is 10.2 Å². The molecule has 0 aliphatic carbocycles. The maximum absolute atomic E-state index is 12.3. The number of nitro benzene ring substituents is 1. The lowest BCUT2D eigenvalue weighted by molar-refractivity contribution is -0.385. The second-order valence-corrected chi connectivity index (χ2v) is 5.43. The van der Waals surface area contributed by atoms with E-state index in [1.807, 2.05) is 24.3 Å². The average Bonchev–Trinajstić information content (AvgIpc) is 2.57. The molecule has 6 nitrogen and oxygen atoms in total. The molecule has 1 amide bonds. The van der Waals surface area contributed by atoms with E-state index in [2.05, 4.69) is 24.1 Å². The summed E-state index contributed by atoms with van der Waals surface area (Å²) in [7, 11) is 0. The first kappa shape index (κ1) is 17.5. The Kier molecular flexibility index (Phi) is 5.52. The molecule has 0 bridgehead atoms. The van der Waals surface area contributed by atoms with Gasteiger partial charge in [-0.2, -0.15) is 0 Å². The SMILES string of the molecule is CCN(CC)c1ccc(NC(=O)c2ccc(C)c([N+](=O)[O-])c2)cc1. The first-order valence-electron chi connectivity index (χ1n) is 7.87. The van der Waals surface area contributed by atoms with Gasteiger partial charge in [0.15, 0.2) is 0 Å². The zero-order chi connectivity index (χ0) is 17.7. The summed E-state index contributed by atoms with van der Waals surface area (Å²) < 4.78 is 0. The zero-order valence-electron chi connectivity index (χ0n) is 14.1. The van der Waals surface area contributed by atoms with E-state index < -0.39 is 4.92 Å². The van der Waals surface area contributed by atoms with Crippen molar-refractivity contribution in [2.45, 2.75) is 20.8 Å². The smallest absolute Gasteiger partial charge is 0.273 e. The third-order valence-electron chi connectivity index (χ3n) is 3.92. The quantitative estimate of drug-likeness (QED) is 0.642. The Labute approximate surface area is 141 Å². The number of nitrogens with zero attached hydrogens (tertiary/aromatic N) is 2. The summed E-state index contributed by atoms with van der Waals surface area (Å²) in [6.07, 6.45) is 0. The summed E-state index contributed by atoms with van der Waals surface area (Å²) in [6, 6.07) is 12.0. The van der Waals surface area contributed by atoms with Gasteiger partial charge in [-0.3, -0.25) is 14.9 Å². The molecule has 0 atom stereocenters. The molecular weight excluding hydrogens is 306 g/mol. The second kappa shape index (κ2) is 7.59. The third kappa shape index (κ3) is 3.90. The molecule has 2 rings (SSSR count). The van der Waals surface area contributed by atoms with Gasteiger partial charge in [0, 0.05) is 41.7 Å². The molecule has 2 aromatic rings. The fourth-order valence-corrected chi connectivity index (χ4v) is 2.49. The first-order valence-corrected chi connectivity index (χ1v) is 7.87. The number of hydrogen-bond donors (Lipinski definition) is 1. The van der Waals surface area contributed by atoms with Crippen molar-refractivity contribution in [1.29, 1.82) is 0 Å². The van der Waals surface area contributed by atoms with Crippen molar-refractivity contribution in [3.8, 4) is 0 Å². The number of benzene rings is 2. The van der Waals surface area contributed by atoms with Gasteiger partial charge in [0.25, 0.3) is 11.6 Å². The minimum Gasteiger partial charge on any atom is -0.372 e. The second-order valence-electron chi connectivity index (χ2n) is 5.43. The number of carbonyl (C=O) groups excluding carboxylic acids is 1. The van der Waals surface area contributed by atoms with Crippen LogP contribution in [-0.2, 0) is 0 Å². The fourth-order valence-electron chi connectivity index (χ4n) is 2.49. The molecule has 0 aromatic heterocycles. The third-order valence-corrected chi connectivity index (χ3v) is 3.92. The van der Waals surface area contributed by atoms with Crippen molar-refractivity contribution >= 4 is 23.0 Å². The predicted octanol–water partition coefficient (Wildman–Crippen LogP) is 4.00. The van der Waals surface area contributed by atoms with Crippen LogP contribution in [0.1, 0.15) is 29.8 Å². The molecule has 0 aliphatic rings. The molecule has 0 fully saturated rings. The molecule has 24 heavy (non-hydrogen) atoms. The molecule has 0 spiro atoms. The number of aryl methyl sites for hydroxylation is 1. The van der Waals surface area contributed by atoms with E-state index in [9.17, 15) is 14.9 Å². The van der Waals surface area contributed by atoms with E-state index in [0.29, 0.717) is 11.3 Å². The molecule has 1 N–H and O–H groups in total.